The largest absolute Gasteiger partial charge is 0.508 e. The Bertz CT molecular complexity index is 399. The Balaban J connectivity index is 2.69. The minimum absolute atomic E-state index is 0.121. The lowest BCUT2D eigenvalue weighted by atomic mass is 10.2. The summed E-state index contributed by atoms with van der Waals surface area (Å²) in [6, 6.07) is 4.82. The number of ketones is 1. The molecule has 15 heavy (non-hydrogen) atoms. The molecule has 80 valence electrons. The van der Waals surface area contributed by atoms with Gasteiger partial charge in [0.1, 0.15) is 11.5 Å². The summed E-state index contributed by atoms with van der Waals surface area (Å²) in [5.41, 5.74) is 1.23. The molecule has 0 unspecified atom stereocenters. The molecule has 1 rings (SSSR count). The molecule has 1 amide bonds. The van der Waals surface area contributed by atoms with Crippen molar-refractivity contribution in [2.75, 3.05) is 5.32 Å². The minimum Gasteiger partial charge on any atom is -0.508 e. The average molecular weight is 207 g/mol. The third-order valence-corrected chi connectivity index (χ3v) is 1.90. The number of aromatic hydroxyl groups is 1. The zero-order valence-corrected chi connectivity index (χ0v) is 8.70. The first-order valence-electron chi connectivity index (χ1n) is 4.58. The predicted octanol–water partition coefficient (Wildman–Crippen LogP) is 1.62. The summed E-state index contributed by atoms with van der Waals surface area (Å²) in [5, 5.41) is 11.9. The van der Waals surface area contributed by atoms with Crippen molar-refractivity contribution in [2.45, 2.75) is 20.3 Å². The molecule has 4 nitrogen and oxygen atoms in total. The maximum absolute atomic E-state index is 11.2. The first-order chi connectivity index (χ1) is 6.99. The number of phenols is 1. The fourth-order valence-corrected chi connectivity index (χ4v) is 1.12. The van der Waals surface area contributed by atoms with Crippen LogP contribution < -0.4 is 5.32 Å². The van der Waals surface area contributed by atoms with E-state index in [1.807, 2.05) is 0 Å². The van der Waals surface area contributed by atoms with Gasteiger partial charge in [-0.25, -0.2) is 0 Å². The number of benzene rings is 1. The molecular weight excluding hydrogens is 194 g/mol. The highest BCUT2D eigenvalue weighted by Gasteiger charge is 2.06. The Morgan fingerprint density at radius 1 is 1.40 bits per heavy atom. The molecule has 0 atom stereocenters. The highest BCUT2D eigenvalue weighted by Crippen LogP contribution is 2.20. The van der Waals surface area contributed by atoms with E-state index < -0.39 is 0 Å². The first kappa shape index (κ1) is 11.2. The Kier molecular flexibility index (Phi) is 3.44. The van der Waals surface area contributed by atoms with E-state index in [0.717, 1.165) is 5.56 Å². The quantitative estimate of drug-likeness (QED) is 0.740. The van der Waals surface area contributed by atoms with Gasteiger partial charge in [-0.3, -0.25) is 9.59 Å². The summed E-state index contributed by atoms with van der Waals surface area (Å²) in [6.45, 7) is 3.11. The van der Waals surface area contributed by atoms with Gasteiger partial charge >= 0.3 is 0 Å². The number of hydrogen-bond acceptors (Lipinski definition) is 3. The predicted molar refractivity (Wildman–Crippen MR) is 56.8 cm³/mol. The van der Waals surface area contributed by atoms with Gasteiger partial charge in [-0.15, -0.1) is 0 Å². The lowest BCUT2D eigenvalue weighted by Gasteiger charge is -2.05. The average Bonchev–Trinajstić information content (AvgIpc) is 2.10. The zero-order chi connectivity index (χ0) is 11.4. The van der Waals surface area contributed by atoms with E-state index in [2.05, 4.69) is 5.32 Å². The molecule has 0 fully saturated rings. The lowest BCUT2D eigenvalue weighted by Crippen LogP contribution is -2.14. The molecule has 0 aliphatic rings. The molecule has 2 N–H and O–H groups in total. The second-order valence-corrected chi connectivity index (χ2v) is 3.43. The molecule has 0 aliphatic heterocycles. The van der Waals surface area contributed by atoms with Crippen LogP contribution in [0.1, 0.15) is 18.9 Å². The van der Waals surface area contributed by atoms with Gasteiger partial charge < -0.3 is 10.4 Å². The first-order valence-corrected chi connectivity index (χ1v) is 4.58. The van der Waals surface area contributed by atoms with Crippen LogP contribution in [0.3, 0.4) is 0 Å². The van der Waals surface area contributed by atoms with Gasteiger partial charge in [-0.1, -0.05) is 6.07 Å². The third-order valence-electron chi connectivity index (χ3n) is 1.90. The topological polar surface area (TPSA) is 66.4 Å². The van der Waals surface area contributed by atoms with Crippen LogP contribution in [0.25, 0.3) is 0 Å². The molecule has 0 saturated carbocycles. The van der Waals surface area contributed by atoms with Gasteiger partial charge in [-0.05, 0) is 25.5 Å². The van der Waals surface area contributed by atoms with Crippen molar-refractivity contribution in [3.05, 3.63) is 23.8 Å². The van der Waals surface area contributed by atoms with Gasteiger partial charge in [0.05, 0.1) is 6.42 Å². The maximum Gasteiger partial charge on any atom is 0.231 e. The number of phenolic OH excluding ortho intramolecular Hbond substituents is 1. The summed E-state index contributed by atoms with van der Waals surface area (Å²) < 4.78 is 0. The molecule has 4 heteroatoms. The SMILES string of the molecule is CC(=O)CC(=O)Nc1ccc(C)c(O)c1. The van der Waals surface area contributed by atoms with Crippen LogP contribution in [-0.4, -0.2) is 16.8 Å². The van der Waals surface area contributed by atoms with Crippen LogP contribution in [0.4, 0.5) is 5.69 Å². The van der Waals surface area contributed by atoms with Crippen LogP contribution in [-0.2, 0) is 9.59 Å². The number of anilines is 1. The Hall–Kier alpha value is -1.84. The molecule has 0 spiro atoms. The number of hydrogen-bond donors (Lipinski definition) is 2. The summed E-state index contributed by atoms with van der Waals surface area (Å²) in [7, 11) is 0. The van der Waals surface area contributed by atoms with E-state index in [4.69, 9.17) is 0 Å². The number of carbonyl (C=O) groups is 2. The number of amides is 1. The van der Waals surface area contributed by atoms with Gasteiger partial charge in [0.2, 0.25) is 5.91 Å². The zero-order valence-electron chi connectivity index (χ0n) is 8.70. The number of nitrogens with one attached hydrogen (secondary N) is 1. The van der Waals surface area contributed by atoms with Crippen LogP contribution in [0.2, 0.25) is 0 Å². The van der Waals surface area contributed by atoms with Crippen molar-refractivity contribution < 1.29 is 14.7 Å². The fourth-order valence-electron chi connectivity index (χ4n) is 1.12. The van der Waals surface area contributed by atoms with Gasteiger partial charge in [0, 0.05) is 11.8 Å². The van der Waals surface area contributed by atoms with Gasteiger partial charge in [0.25, 0.3) is 0 Å². The van der Waals surface area contributed by atoms with Crippen molar-refractivity contribution in [1.29, 1.82) is 0 Å². The van der Waals surface area contributed by atoms with E-state index in [1.165, 1.54) is 13.0 Å². The minimum atomic E-state index is -0.370. The normalized spacial score (nSPS) is 9.73. The summed E-state index contributed by atoms with van der Waals surface area (Å²) in [4.78, 5) is 21.9. The van der Waals surface area contributed by atoms with E-state index in [0.29, 0.717) is 5.69 Å². The third kappa shape index (κ3) is 3.42. The summed E-state index contributed by atoms with van der Waals surface area (Å²) in [5.74, 6) is -0.440. The highest BCUT2D eigenvalue weighted by atomic mass is 16.3. The summed E-state index contributed by atoms with van der Waals surface area (Å²) in [6.07, 6.45) is -0.144. The lowest BCUT2D eigenvalue weighted by molar-refractivity contribution is -0.124. The van der Waals surface area contributed by atoms with Crippen molar-refractivity contribution in [3.63, 3.8) is 0 Å². The molecule has 0 aliphatic carbocycles. The number of Topliss-reactive ketones (excluding diaryl/α,β-unsaturated/α-hetero) is 1. The standard InChI is InChI=1S/C11H13NO3/c1-7-3-4-9(6-10(7)14)12-11(15)5-8(2)13/h3-4,6,14H,5H2,1-2H3,(H,12,15). The van der Waals surface area contributed by atoms with E-state index in [9.17, 15) is 14.7 Å². The Morgan fingerprint density at radius 3 is 2.60 bits per heavy atom. The van der Waals surface area contributed by atoms with Crippen molar-refractivity contribution in [1.82, 2.24) is 0 Å². The monoisotopic (exact) mass is 207 g/mol. The second-order valence-electron chi connectivity index (χ2n) is 3.43. The molecule has 0 bridgehead atoms. The van der Waals surface area contributed by atoms with E-state index in [1.54, 1.807) is 19.1 Å². The van der Waals surface area contributed by atoms with Crippen molar-refractivity contribution in [3.8, 4) is 5.75 Å². The van der Waals surface area contributed by atoms with Gasteiger partial charge in [0.15, 0.2) is 0 Å². The Labute approximate surface area is 87.9 Å². The molecule has 0 aromatic heterocycles. The molecule has 1 aromatic carbocycles. The van der Waals surface area contributed by atoms with E-state index >= 15 is 0 Å². The second kappa shape index (κ2) is 4.59. The van der Waals surface area contributed by atoms with Crippen LogP contribution in [0, 0.1) is 6.92 Å². The molecule has 0 saturated heterocycles. The molecular formula is C11H13NO3. The smallest absolute Gasteiger partial charge is 0.231 e. The number of aryl methyl sites for hydroxylation is 1. The van der Waals surface area contributed by atoms with Crippen molar-refractivity contribution >= 4 is 17.4 Å². The molecule has 0 radical (unpaired) electrons. The highest BCUT2D eigenvalue weighted by molar-refractivity contribution is 6.03. The van der Waals surface area contributed by atoms with Crippen LogP contribution in [0.15, 0.2) is 18.2 Å². The van der Waals surface area contributed by atoms with Crippen molar-refractivity contribution in [2.24, 2.45) is 0 Å². The fraction of sp³-hybridized carbons (Fsp3) is 0.273. The van der Waals surface area contributed by atoms with Gasteiger partial charge in [-0.2, -0.15) is 0 Å². The number of rotatable bonds is 3. The number of carbonyl (C=O) groups excluding carboxylic acids is 2. The Morgan fingerprint density at radius 2 is 2.07 bits per heavy atom. The molecule has 1 aromatic rings. The van der Waals surface area contributed by atoms with E-state index in [-0.39, 0.29) is 23.9 Å². The van der Waals surface area contributed by atoms with Crippen LogP contribution >= 0.6 is 0 Å². The molecule has 0 heterocycles. The summed E-state index contributed by atoms with van der Waals surface area (Å²) >= 11 is 0. The maximum atomic E-state index is 11.2. The van der Waals surface area contributed by atoms with Crippen LogP contribution in [0.5, 0.6) is 5.75 Å².